The van der Waals surface area contributed by atoms with Gasteiger partial charge in [-0.3, -0.25) is 0 Å². The van der Waals surface area contributed by atoms with E-state index in [2.05, 4.69) is 53.8 Å². The van der Waals surface area contributed by atoms with E-state index in [1.54, 1.807) is 11.1 Å². The second-order valence-corrected chi connectivity index (χ2v) is 5.38. The highest BCUT2D eigenvalue weighted by Crippen LogP contribution is 2.45. The van der Waals surface area contributed by atoms with E-state index >= 15 is 0 Å². The van der Waals surface area contributed by atoms with Crippen LogP contribution in [0, 0.1) is 0 Å². The third-order valence-electron chi connectivity index (χ3n) is 4.24. The molecule has 0 atom stereocenters. The summed E-state index contributed by atoms with van der Waals surface area (Å²) in [6.45, 7) is 0. The summed E-state index contributed by atoms with van der Waals surface area (Å²) < 4.78 is 0. The Morgan fingerprint density at radius 1 is 0.632 bits per heavy atom. The van der Waals surface area contributed by atoms with Gasteiger partial charge in [-0.1, -0.05) is 36.4 Å². The van der Waals surface area contributed by atoms with E-state index < -0.39 is 0 Å². The first-order valence-corrected chi connectivity index (χ1v) is 7.11. The summed E-state index contributed by atoms with van der Waals surface area (Å²) >= 11 is 0. The van der Waals surface area contributed by atoms with Crippen molar-refractivity contribution < 1.29 is 0 Å². The molecule has 2 aliphatic rings. The van der Waals surface area contributed by atoms with Crippen molar-refractivity contribution in [2.45, 2.75) is 25.7 Å². The Labute approximate surface area is 114 Å². The highest BCUT2D eigenvalue weighted by Gasteiger charge is 2.22. The minimum Gasteiger partial charge on any atom is -0.355 e. The zero-order valence-electron chi connectivity index (χ0n) is 10.9. The lowest BCUT2D eigenvalue weighted by atomic mass is 9.84. The van der Waals surface area contributed by atoms with Crippen LogP contribution in [0.4, 0.5) is 11.4 Å². The number of nitrogens with one attached hydrogen (secondary N) is 1. The van der Waals surface area contributed by atoms with Crippen molar-refractivity contribution in [3.05, 3.63) is 59.7 Å². The van der Waals surface area contributed by atoms with Crippen LogP contribution in [0.3, 0.4) is 0 Å². The average molecular weight is 247 g/mol. The van der Waals surface area contributed by atoms with Gasteiger partial charge in [-0.15, -0.1) is 0 Å². The van der Waals surface area contributed by atoms with Crippen LogP contribution in [-0.2, 0) is 0 Å². The number of fused-ring (bicyclic) bond motifs is 4. The maximum atomic E-state index is 3.62. The van der Waals surface area contributed by atoms with Crippen LogP contribution in [0.15, 0.2) is 48.5 Å². The van der Waals surface area contributed by atoms with Gasteiger partial charge < -0.3 is 5.32 Å². The van der Waals surface area contributed by atoms with Gasteiger partial charge in [0.1, 0.15) is 0 Å². The maximum Gasteiger partial charge on any atom is 0.0460 e. The van der Waals surface area contributed by atoms with Gasteiger partial charge in [-0.05, 0) is 49.0 Å². The average Bonchev–Trinajstić information content (AvgIpc) is 2.62. The van der Waals surface area contributed by atoms with E-state index in [0.717, 1.165) is 0 Å². The molecule has 1 heteroatoms. The lowest BCUT2D eigenvalue weighted by Gasteiger charge is -2.20. The van der Waals surface area contributed by atoms with Crippen molar-refractivity contribution in [3.8, 4) is 0 Å². The molecular formula is C18H17N. The van der Waals surface area contributed by atoms with Crippen molar-refractivity contribution >= 4 is 22.5 Å². The standard InChI is InChI=1S/C18H17N/c1-2-8-14-13(7-1)15-9-3-5-11-17(15)19-18-12-6-4-10-16(14)18/h3-6,9-12,19H,1-2,7-8H2. The summed E-state index contributed by atoms with van der Waals surface area (Å²) in [5.41, 5.74) is 8.41. The van der Waals surface area contributed by atoms with Crippen molar-refractivity contribution in [2.24, 2.45) is 0 Å². The number of hydrogen-bond donors (Lipinski definition) is 1. The Hall–Kier alpha value is -2.02. The third kappa shape index (κ3) is 1.69. The summed E-state index contributed by atoms with van der Waals surface area (Å²) in [4.78, 5) is 0. The van der Waals surface area contributed by atoms with Crippen LogP contribution in [-0.4, -0.2) is 0 Å². The molecule has 0 aromatic heterocycles. The van der Waals surface area contributed by atoms with Crippen molar-refractivity contribution in [2.75, 3.05) is 5.32 Å². The smallest absolute Gasteiger partial charge is 0.0460 e. The van der Waals surface area contributed by atoms with Crippen LogP contribution in [0.25, 0.3) is 11.1 Å². The Bertz CT molecular complexity index is 609. The molecule has 0 spiro atoms. The summed E-state index contributed by atoms with van der Waals surface area (Å²) in [6.07, 6.45) is 5.05. The second kappa shape index (κ2) is 4.27. The van der Waals surface area contributed by atoms with Gasteiger partial charge in [0, 0.05) is 22.5 Å². The number of allylic oxidation sites excluding steroid dienone is 2. The normalized spacial score (nSPS) is 16.8. The fourth-order valence-corrected chi connectivity index (χ4v) is 3.36. The molecule has 0 unspecified atom stereocenters. The quantitative estimate of drug-likeness (QED) is 0.672. The SMILES string of the molecule is c1ccc2c(c1)Nc1ccccc1C1=C2CCCC1. The van der Waals surface area contributed by atoms with Crippen LogP contribution in [0.5, 0.6) is 0 Å². The minimum absolute atomic E-state index is 1.21. The van der Waals surface area contributed by atoms with Gasteiger partial charge in [0.15, 0.2) is 0 Å². The monoisotopic (exact) mass is 247 g/mol. The highest BCUT2D eigenvalue weighted by molar-refractivity contribution is 6.01. The zero-order chi connectivity index (χ0) is 12.7. The van der Waals surface area contributed by atoms with Crippen molar-refractivity contribution in [3.63, 3.8) is 0 Å². The van der Waals surface area contributed by atoms with Crippen LogP contribution in [0.2, 0.25) is 0 Å². The molecule has 4 rings (SSSR count). The molecule has 19 heavy (non-hydrogen) atoms. The van der Waals surface area contributed by atoms with Crippen LogP contribution in [0.1, 0.15) is 36.8 Å². The summed E-state index contributed by atoms with van der Waals surface area (Å²) in [5, 5.41) is 3.62. The number of rotatable bonds is 0. The second-order valence-electron chi connectivity index (χ2n) is 5.38. The molecule has 94 valence electrons. The Balaban J connectivity index is 2.04. The summed E-state index contributed by atoms with van der Waals surface area (Å²) in [7, 11) is 0. The predicted octanol–water partition coefficient (Wildman–Crippen LogP) is 5.23. The molecule has 1 nitrogen and oxygen atoms in total. The molecule has 0 saturated heterocycles. The predicted molar refractivity (Wildman–Crippen MR) is 81.4 cm³/mol. The molecule has 1 heterocycles. The Morgan fingerprint density at radius 3 is 1.63 bits per heavy atom. The van der Waals surface area contributed by atoms with E-state index in [0.29, 0.717) is 0 Å². The van der Waals surface area contributed by atoms with Crippen molar-refractivity contribution in [1.82, 2.24) is 0 Å². The number of para-hydroxylation sites is 2. The van der Waals surface area contributed by atoms with Crippen molar-refractivity contribution in [1.29, 1.82) is 0 Å². The fourth-order valence-electron chi connectivity index (χ4n) is 3.36. The molecule has 0 radical (unpaired) electrons. The zero-order valence-corrected chi connectivity index (χ0v) is 10.9. The molecule has 0 amide bonds. The van der Waals surface area contributed by atoms with E-state index in [-0.39, 0.29) is 0 Å². The van der Waals surface area contributed by atoms with Gasteiger partial charge in [-0.25, -0.2) is 0 Å². The largest absolute Gasteiger partial charge is 0.355 e. The summed E-state index contributed by atoms with van der Waals surface area (Å²) in [6, 6.07) is 17.4. The molecule has 2 aromatic carbocycles. The molecular weight excluding hydrogens is 230 g/mol. The first-order valence-electron chi connectivity index (χ1n) is 7.11. The highest BCUT2D eigenvalue weighted by atomic mass is 14.9. The van der Waals surface area contributed by atoms with Crippen LogP contribution >= 0.6 is 0 Å². The number of anilines is 2. The molecule has 0 saturated carbocycles. The first kappa shape index (κ1) is 10.9. The van der Waals surface area contributed by atoms with E-state index in [1.807, 2.05) is 0 Å². The first-order chi connectivity index (χ1) is 9.43. The third-order valence-corrected chi connectivity index (χ3v) is 4.24. The number of hydrogen-bond acceptors (Lipinski definition) is 1. The van der Waals surface area contributed by atoms with Gasteiger partial charge in [-0.2, -0.15) is 0 Å². The summed E-state index contributed by atoms with van der Waals surface area (Å²) in [5.74, 6) is 0. The van der Waals surface area contributed by atoms with Gasteiger partial charge in [0.25, 0.3) is 0 Å². The Kier molecular flexibility index (Phi) is 2.44. The lowest BCUT2D eigenvalue weighted by molar-refractivity contribution is 0.754. The van der Waals surface area contributed by atoms with E-state index in [9.17, 15) is 0 Å². The molecule has 2 aromatic rings. The molecule has 0 bridgehead atoms. The molecule has 1 N–H and O–H groups in total. The lowest BCUT2D eigenvalue weighted by Crippen LogP contribution is -1.98. The molecule has 1 aliphatic heterocycles. The number of benzene rings is 2. The van der Waals surface area contributed by atoms with E-state index in [4.69, 9.17) is 0 Å². The van der Waals surface area contributed by atoms with Gasteiger partial charge in [0.2, 0.25) is 0 Å². The van der Waals surface area contributed by atoms with Crippen LogP contribution < -0.4 is 5.32 Å². The fraction of sp³-hybridized carbons (Fsp3) is 0.222. The Morgan fingerprint density at radius 2 is 1.11 bits per heavy atom. The van der Waals surface area contributed by atoms with Gasteiger partial charge in [0.05, 0.1) is 0 Å². The molecule has 0 fully saturated rings. The van der Waals surface area contributed by atoms with Gasteiger partial charge >= 0.3 is 0 Å². The minimum atomic E-state index is 1.21. The maximum absolute atomic E-state index is 3.62. The molecule has 1 aliphatic carbocycles. The van der Waals surface area contributed by atoms with E-state index in [1.165, 1.54) is 48.2 Å². The topological polar surface area (TPSA) is 12.0 Å².